The van der Waals surface area contributed by atoms with Crippen molar-refractivity contribution in [2.75, 3.05) is 0 Å². The zero-order valence-corrected chi connectivity index (χ0v) is 25.8. The highest BCUT2D eigenvalue weighted by molar-refractivity contribution is 6.62. The molecule has 0 amide bonds. The lowest BCUT2D eigenvalue weighted by molar-refractivity contribution is 0.00578. The summed E-state index contributed by atoms with van der Waals surface area (Å²) >= 11 is 0. The minimum Gasteiger partial charge on any atom is -0.399 e. The third kappa shape index (κ3) is 4.37. The molecule has 0 bridgehead atoms. The molecule has 3 nitrogen and oxygen atoms in total. The monoisotopic (exact) mass is 531 g/mol. The van der Waals surface area contributed by atoms with Gasteiger partial charge >= 0.3 is 7.12 Å². The summed E-state index contributed by atoms with van der Waals surface area (Å²) in [6.45, 7) is 22.1. The first-order chi connectivity index (χ1) is 18.5. The molecule has 5 aromatic rings. The van der Waals surface area contributed by atoms with E-state index in [-0.39, 0.29) is 29.2 Å². The van der Waals surface area contributed by atoms with E-state index in [4.69, 9.17) is 9.31 Å². The molecule has 0 aliphatic carbocycles. The molecular formula is C36H42BNO2. The average Bonchev–Trinajstić information content (AvgIpc) is 3.30. The molecule has 1 saturated heterocycles. The summed E-state index contributed by atoms with van der Waals surface area (Å²) in [5.74, 6) is 0. The maximum absolute atomic E-state index is 6.32. The third-order valence-electron chi connectivity index (χ3n) is 9.13. The minimum absolute atomic E-state index is 0.0854. The Hall–Kier alpha value is -3.08. The van der Waals surface area contributed by atoms with Gasteiger partial charge in [-0.1, -0.05) is 77.9 Å². The van der Waals surface area contributed by atoms with Crippen molar-refractivity contribution in [1.82, 2.24) is 4.57 Å². The fourth-order valence-corrected chi connectivity index (χ4v) is 5.75. The first-order valence-corrected chi connectivity index (χ1v) is 14.5. The molecule has 0 N–H and O–H groups in total. The van der Waals surface area contributed by atoms with Crippen LogP contribution in [0.1, 0.15) is 80.4 Å². The van der Waals surface area contributed by atoms with Crippen molar-refractivity contribution in [3.05, 3.63) is 83.9 Å². The van der Waals surface area contributed by atoms with Crippen LogP contribution in [0, 0.1) is 0 Å². The van der Waals surface area contributed by atoms with E-state index in [0.717, 1.165) is 5.46 Å². The Morgan fingerprint density at radius 3 is 1.55 bits per heavy atom. The maximum atomic E-state index is 6.32. The van der Waals surface area contributed by atoms with Gasteiger partial charge in [0, 0.05) is 16.5 Å². The average molecular weight is 532 g/mol. The van der Waals surface area contributed by atoms with E-state index in [1.165, 1.54) is 49.4 Å². The van der Waals surface area contributed by atoms with E-state index in [0.29, 0.717) is 0 Å². The molecule has 4 aromatic carbocycles. The second kappa shape index (κ2) is 8.71. The van der Waals surface area contributed by atoms with Crippen LogP contribution < -0.4 is 5.46 Å². The van der Waals surface area contributed by atoms with E-state index in [9.17, 15) is 0 Å². The van der Waals surface area contributed by atoms with Gasteiger partial charge in [0.1, 0.15) is 0 Å². The van der Waals surface area contributed by atoms with Crippen molar-refractivity contribution in [1.29, 1.82) is 0 Å². The lowest BCUT2D eigenvalue weighted by atomic mass is 9.78. The minimum atomic E-state index is -0.361. The Balaban J connectivity index is 1.50. The Morgan fingerprint density at radius 1 is 0.575 bits per heavy atom. The van der Waals surface area contributed by atoms with Crippen LogP contribution in [0.5, 0.6) is 0 Å². The summed E-state index contributed by atoms with van der Waals surface area (Å²) < 4.78 is 15.1. The number of fused-ring (bicyclic) bond motifs is 4. The first kappa shape index (κ1) is 27.1. The van der Waals surface area contributed by atoms with Gasteiger partial charge in [0.25, 0.3) is 0 Å². The van der Waals surface area contributed by atoms with Crippen molar-refractivity contribution < 1.29 is 9.31 Å². The number of hydrogen-bond acceptors (Lipinski definition) is 2. The van der Waals surface area contributed by atoms with E-state index in [1.807, 2.05) is 0 Å². The summed E-state index contributed by atoms with van der Waals surface area (Å²) in [7, 11) is -0.361. The van der Waals surface area contributed by atoms with Crippen LogP contribution in [0.4, 0.5) is 0 Å². The number of nitrogens with zero attached hydrogens (tertiary/aromatic N) is 1. The van der Waals surface area contributed by atoms with Gasteiger partial charge in [0.2, 0.25) is 0 Å². The highest BCUT2D eigenvalue weighted by Gasteiger charge is 2.51. The molecule has 4 heteroatoms. The van der Waals surface area contributed by atoms with Gasteiger partial charge < -0.3 is 13.9 Å². The number of hydrogen-bond donors (Lipinski definition) is 0. The molecule has 40 heavy (non-hydrogen) atoms. The van der Waals surface area contributed by atoms with Crippen LogP contribution in [0.2, 0.25) is 0 Å². The molecule has 0 spiro atoms. The van der Waals surface area contributed by atoms with Crippen LogP contribution in [-0.2, 0) is 20.1 Å². The summed E-state index contributed by atoms with van der Waals surface area (Å²) in [5.41, 5.74) is 6.87. The smallest absolute Gasteiger partial charge is 0.399 e. The number of benzene rings is 4. The molecule has 0 atom stereocenters. The lowest BCUT2D eigenvalue weighted by Crippen LogP contribution is -2.41. The molecule has 1 aliphatic rings. The summed E-state index contributed by atoms with van der Waals surface area (Å²) in [6.07, 6.45) is 0. The molecule has 206 valence electrons. The van der Waals surface area contributed by atoms with Crippen molar-refractivity contribution in [2.45, 2.75) is 91.3 Å². The molecule has 0 radical (unpaired) electrons. The largest absolute Gasteiger partial charge is 0.494 e. The third-order valence-corrected chi connectivity index (χ3v) is 9.13. The fraction of sp³-hybridized carbons (Fsp3) is 0.389. The van der Waals surface area contributed by atoms with E-state index < -0.39 is 0 Å². The lowest BCUT2D eigenvalue weighted by Gasteiger charge is -2.32. The molecule has 6 rings (SSSR count). The van der Waals surface area contributed by atoms with Crippen LogP contribution in [-0.4, -0.2) is 22.9 Å². The Kier molecular flexibility index (Phi) is 5.90. The second-order valence-corrected chi connectivity index (χ2v) is 14.7. The predicted molar refractivity (Wildman–Crippen MR) is 171 cm³/mol. The van der Waals surface area contributed by atoms with Gasteiger partial charge in [-0.2, -0.15) is 0 Å². The normalized spacial score (nSPS) is 17.4. The molecule has 1 aromatic heterocycles. The zero-order valence-electron chi connectivity index (χ0n) is 25.8. The van der Waals surface area contributed by atoms with E-state index >= 15 is 0 Å². The van der Waals surface area contributed by atoms with Crippen LogP contribution in [0.3, 0.4) is 0 Å². The topological polar surface area (TPSA) is 23.4 Å². The second-order valence-electron chi connectivity index (χ2n) is 14.7. The van der Waals surface area contributed by atoms with Gasteiger partial charge in [0.05, 0.1) is 22.2 Å². The molecule has 0 unspecified atom stereocenters. The van der Waals surface area contributed by atoms with Gasteiger partial charge in [-0.05, 0) is 102 Å². The van der Waals surface area contributed by atoms with Gasteiger partial charge in [-0.15, -0.1) is 0 Å². The molecule has 1 aliphatic heterocycles. The molecule has 2 heterocycles. The maximum Gasteiger partial charge on any atom is 0.494 e. The Bertz CT molecular complexity index is 1690. The van der Waals surface area contributed by atoms with Crippen molar-refractivity contribution in [2.24, 2.45) is 0 Å². The summed E-state index contributed by atoms with van der Waals surface area (Å²) in [4.78, 5) is 0. The molecule has 1 fully saturated rings. The van der Waals surface area contributed by atoms with Crippen LogP contribution in [0.15, 0.2) is 72.8 Å². The Labute approximate surface area is 239 Å². The fourth-order valence-electron chi connectivity index (χ4n) is 5.75. The standard InChI is InChI=1S/C36H42BNO2/c1-33(2,3)25-13-17-31-29(21-25)30-22-26(34(4,5)6)14-18-32(30)38(31)28-16-12-23-19-27(15-11-24(23)20-28)37-39-35(7,8)36(9,10)40-37/h11-22H,1-10H3. The first-order valence-electron chi connectivity index (χ1n) is 14.5. The van der Waals surface area contributed by atoms with Crippen molar-refractivity contribution >= 4 is 45.2 Å². The van der Waals surface area contributed by atoms with E-state index in [2.05, 4.69) is 147 Å². The zero-order chi connectivity index (χ0) is 28.8. The predicted octanol–water partition coefficient (Wildman–Crippen LogP) is 8.83. The van der Waals surface area contributed by atoms with Gasteiger partial charge in [-0.3, -0.25) is 0 Å². The van der Waals surface area contributed by atoms with Crippen LogP contribution in [0.25, 0.3) is 38.3 Å². The number of rotatable bonds is 2. The molecule has 0 saturated carbocycles. The van der Waals surface area contributed by atoms with Gasteiger partial charge in [0.15, 0.2) is 0 Å². The SMILES string of the molecule is CC(C)(C)c1ccc2c(c1)c1cc(C(C)(C)C)ccc1n2-c1ccc2cc(B3OC(C)(C)C(C)(C)O3)ccc2c1. The Morgan fingerprint density at radius 2 is 1.05 bits per heavy atom. The number of aromatic nitrogens is 1. The molecular weight excluding hydrogens is 489 g/mol. The highest BCUT2D eigenvalue weighted by atomic mass is 16.7. The highest BCUT2D eigenvalue weighted by Crippen LogP contribution is 2.39. The summed E-state index contributed by atoms with van der Waals surface area (Å²) in [6, 6.07) is 27.3. The van der Waals surface area contributed by atoms with Gasteiger partial charge in [-0.25, -0.2) is 0 Å². The van der Waals surface area contributed by atoms with Crippen molar-refractivity contribution in [3.8, 4) is 5.69 Å². The van der Waals surface area contributed by atoms with Crippen molar-refractivity contribution in [3.63, 3.8) is 0 Å². The quantitative estimate of drug-likeness (QED) is 0.213. The van der Waals surface area contributed by atoms with E-state index in [1.54, 1.807) is 0 Å². The summed E-state index contributed by atoms with van der Waals surface area (Å²) in [5, 5.41) is 5.00. The van der Waals surface area contributed by atoms with Crippen LogP contribution >= 0.6 is 0 Å².